The zero-order chi connectivity index (χ0) is 19.4. The van der Waals surface area contributed by atoms with Gasteiger partial charge >= 0.3 is 5.97 Å². The highest BCUT2D eigenvalue weighted by molar-refractivity contribution is 5.89. The third kappa shape index (κ3) is 3.90. The smallest absolute Gasteiger partial charge is 0.330 e. The van der Waals surface area contributed by atoms with Crippen LogP contribution in [-0.2, 0) is 27.2 Å². The molecule has 1 aromatic rings. The molecule has 1 amide bonds. The van der Waals surface area contributed by atoms with Gasteiger partial charge < -0.3 is 19.7 Å². The molecular formula is C18H29N3O5. The van der Waals surface area contributed by atoms with E-state index >= 15 is 0 Å². The average molecular weight is 367 g/mol. The summed E-state index contributed by atoms with van der Waals surface area (Å²) in [6, 6.07) is 0. The predicted octanol–water partition coefficient (Wildman–Crippen LogP) is 2.12. The largest absolute Gasteiger partial charge is 0.479 e. The molecule has 2 rings (SSSR count). The number of carbonyl (C=O) groups excluding carboxylic acids is 1. The molecule has 146 valence electrons. The van der Waals surface area contributed by atoms with E-state index in [4.69, 9.17) is 9.26 Å². The minimum atomic E-state index is -1.29. The Bertz CT molecular complexity index is 643. The van der Waals surface area contributed by atoms with Crippen molar-refractivity contribution < 1.29 is 24.0 Å². The van der Waals surface area contributed by atoms with E-state index < -0.39 is 16.9 Å². The zero-order valence-corrected chi connectivity index (χ0v) is 16.0. The van der Waals surface area contributed by atoms with Crippen LogP contribution < -0.4 is 5.32 Å². The van der Waals surface area contributed by atoms with E-state index in [9.17, 15) is 14.7 Å². The van der Waals surface area contributed by atoms with Crippen molar-refractivity contribution in [1.29, 1.82) is 0 Å². The van der Waals surface area contributed by atoms with E-state index in [2.05, 4.69) is 15.5 Å². The van der Waals surface area contributed by atoms with Crippen molar-refractivity contribution in [3.8, 4) is 0 Å². The summed E-state index contributed by atoms with van der Waals surface area (Å²) in [4.78, 5) is 28.4. The van der Waals surface area contributed by atoms with Gasteiger partial charge in [0.2, 0.25) is 11.8 Å². The number of aliphatic carboxylic acids is 1. The van der Waals surface area contributed by atoms with Crippen LogP contribution in [0.1, 0.15) is 65.1 Å². The van der Waals surface area contributed by atoms with Gasteiger partial charge in [-0.2, -0.15) is 4.98 Å². The number of ether oxygens (including phenoxy) is 1. The Kier molecular flexibility index (Phi) is 6.39. The van der Waals surface area contributed by atoms with Gasteiger partial charge in [0.1, 0.15) is 5.54 Å². The fourth-order valence-electron chi connectivity index (χ4n) is 3.45. The second-order valence-electron chi connectivity index (χ2n) is 7.34. The van der Waals surface area contributed by atoms with Crippen LogP contribution in [0, 0.1) is 5.41 Å². The third-order valence-corrected chi connectivity index (χ3v) is 5.26. The molecule has 0 spiro atoms. The van der Waals surface area contributed by atoms with Crippen LogP contribution in [0.25, 0.3) is 0 Å². The molecule has 2 atom stereocenters. The molecule has 1 aromatic heterocycles. The van der Waals surface area contributed by atoms with Gasteiger partial charge in [-0.1, -0.05) is 25.9 Å². The number of carbonyl (C=O) groups is 2. The molecule has 1 aliphatic rings. The molecule has 1 heterocycles. The van der Waals surface area contributed by atoms with Crippen LogP contribution in [0.15, 0.2) is 4.52 Å². The number of carboxylic acids is 1. The Morgan fingerprint density at radius 3 is 2.65 bits per heavy atom. The Morgan fingerprint density at radius 2 is 2.08 bits per heavy atom. The Morgan fingerprint density at radius 1 is 1.35 bits per heavy atom. The summed E-state index contributed by atoms with van der Waals surface area (Å²) in [7, 11) is 0. The minimum absolute atomic E-state index is 0.181. The molecule has 2 unspecified atom stereocenters. The maximum Gasteiger partial charge on any atom is 0.330 e. The van der Waals surface area contributed by atoms with Gasteiger partial charge in [0.25, 0.3) is 0 Å². The van der Waals surface area contributed by atoms with Gasteiger partial charge in [0, 0.05) is 37.7 Å². The third-order valence-electron chi connectivity index (χ3n) is 5.26. The predicted molar refractivity (Wildman–Crippen MR) is 93.6 cm³/mol. The van der Waals surface area contributed by atoms with Crippen LogP contribution in [0.2, 0.25) is 0 Å². The minimum Gasteiger partial charge on any atom is -0.479 e. The van der Waals surface area contributed by atoms with Crippen LogP contribution in [0.5, 0.6) is 0 Å². The van der Waals surface area contributed by atoms with E-state index in [1.54, 1.807) is 0 Å². The highest BCUT2D eigenvalue weighted by Crippen LogP contribution is 2.51. The molecular weight excluding hydrogens is 338 g/mol. The summed E-state index contributed by atoms with van der Waals surface area (Å²) in [5.74, 6) is -0.124. The second kappa shape index (κ2) is 8.16. The van der Waals surface area contributed by atoms with Crippen molar-refractivity contribution in [2.24, 2.45) is 5.41 Å². The first-order chi connectivity index (χ1) is 12.3. The molecule has 2 N–H and O–H groups in total. The zero-order valence-electron chi connectivity index (χ0n) is 16.0. The molecule has 0 radical (unpaired) electrons. The summed E-state index contributed by atoms with van der Waals surface area (Å²) in [6.45, 7) is 8.06. The van der Waals surface area contributed by atoms with Gasteiger partial charge in [-0.25, -0.2) is 4.79 Å². The molecule has 1 fully saturated rings. The lowest BCUT2D eigenvalue weighted by Gasteiger charge is -2.58. The van der Waals surface area contributed by atoms with Gasteiger partial charge in [0.05, 0.1) is 6.10 Å². The molecule has 1 aliphatic carbocycles. The second-order valence-corrected chi connectivity index (χ2v) is 7.34. The maximum absolute atomic E-state index is 12.3. The first-order valence-electron chi connectivity index (χ1n) is 9.24. The highest BCUT2D eigenvalue weighted by Gasteiger charge is 2.66. The molecule has 26 heavy (non-hydrogen) atoms. The van der Waals surface area contributed by atoms with Crippen molar-refractivity contribution in [3.05, 3.63) is 11.7 Å². The van der Waals surface area contributed by atoms with Crippen LogP contribution >= 0.6 is 0 Å². The first kappa shape index (κ1) is 20.4. The van der Waals surface area contributed by atoms with Crippen molar-refractivity contribution in [3.63, 3.8) is 0 Å². The summed E-state index contributed by atoms with van der Waals surface area (Å²) in [6.07, 6.45) is 3.02. The van der Waals surface area contributed by atoms with Crippen molar-refractivity contribution in [2.45, 2.75) is 77.9 Å². The maximum atomic E-state index is 12.3. The van der Waals surface area contributed by atoms with Gasteiger partial charge in [0.15, 0.2) is 5.82 Å². The first-order valence-corrected chi connectivity index (χ1v) is 9.24. The van der Waals surface area contributed by atoms with Gasteiger partial charge in [-0.15, -0.1) is 0 Å². The standard InChI is InChI=1S/C18H29N3O5/c1-5-8-13-19-15(26-21-13)10-7-9-14(22)20-18(16(23)24)11-12(25-6-2)17(18,3)4/h12H,5-11H2,1-4H3,(H,20,22)(H,23,24). The number of carboxylic acid groups (broad SMARTS) is 1. The molecule has 1 saturated carbocycles. The lowest BCUT2D eigenvalue weighted by atomic mass is 9.54. The van der Waals surface area contributed by atoms with Crippen LogP contribution in [0.4, 0.5) is 0 Å². The summed E-state index contributed by atoms with van der Waals surface area (Å²) >= 11 is 0. The number of hydrogen-bond acceptors (Lipinski definition) is 6. The van der Waals surface area contributed by atoms with Gasteiger partial charge in [-0.3, -0.25) is 4.79 Å². The van der Waals surface area contributed by atoms with E-state index in [0.29, 0.717) is 31.2 Å². The number of hydrogen-bond donors (Lipinski definition) is 2. The Labute approximate surface area is 153 Å². The lowest BCUT2D eigenvalue weighted by molar-refractivity contribution is -0.194. The lowest BCUT2D eigenvalue weighted by Crippen LogP contribution is -2.76. The number of nitrogens with zero attached hydrogens (tertiary/aromatic N) is 2. The monoisotopic (exact) mass is 367 g/mol. The molecule has 0 saturated heterocycles. The highest BCUT2D eigenvalue weighted by atomic mass is 16.5. The summed E-state index contributed by atoms with van der Waals surface area (Å²) in [5.41, 5.74) is -1.96. The van der Waals surface area contributed by atoms with Crippen LogP contribution in [0.3, 0.4) is 0 Å². The van der Waals surface area contributed by atoms with E-state index in [0.717, 1.165) is 12.8 Å². The molecule has 0 aromatic carbocycles. The summed E-state index contributed by atoms with van der Waals surface area (Å²) < 4.78 is 10.7. The fourth-order valence-corrected chi connectivity index (χ4v) is 3.45. The SMILES string of the molecule is CCCc1noc(CCCC(=O)NC2(C(=O)O)CC(OCC)C2(C)C)n1. The van der Waals surface area contributed by atoms with E-state index in [1.807, 2.05) is 27.7 Å². The van der Waals surface area contributed by atoms with Crippen molar-refractivity contribution in [1.82, 2.24) is 15.5 Å². The topological polar surface area (TPSA) is 115 Å². The fraction of sp³-hybridized carbons (Fsp3) is 0.778. The molecule has 8 heteroatoms. The molecule has 8 nitrogen and oxygen atoms in total. The number of aryl methyl sites for hydroxylation is 2. The average Bonchev–Trinajstić information content (AvgIpc) is 3.01. The Balaban J connectivity index is 1.87. The van der Waals surface area contributed by atoms with E-state index in [-0.39, 0.29) is 24.9 Å². The number of rotatable bonds is 10. The van der Waals surface area contributed by atoms with Crippen LogP contribution in [-0.4, -0.2) is 45.4 Å². The van der Waals surface area contributed by atoms with Crippen molar-refractivity contribution in [2.75, 3.05) is 6.61 Å². The van der Waals surface area contributed by atoms with E-state index in [1.165, 1.54) is 0 Å². The Hall–Kier alpha value is -1.96. The number of aromatic nitrogens is 2. The van der Waals surface area contributed by atoms with Gasteiger partial charge in [-0.05, 0) is 19.8 Å². The molecule has 0 bridgehead atoms. The quantitative estimate of drug-likeness (QED) is 0.651. The normalized spacial score (nSPS) is 24.1. The summed E-state index contributed by atoms with van der Waals surface area (Å²) in [5, 5.41) is 16.3. The van der Waals surface area contributed by atoms with Crippen molar-refractivity contribution >= 4 is 11.9 Å². The molecule has 0 aliphatic heterocycles. The number of nitrogens with one attached hydrogen (secondary N) is 1. The number of amides is 1.